The van der Waals surface area contributed by atoms with Gasteiger partial charge < -0.3 is 56.5 Å². The van der Waals surface area contributed by atoms with Crippen LogP contribution in [0.25, 0.3) is 11.3 Å². The van der Waals surface area contributed by atoms with Crippen molar-refractivity contribution in [2.24, 2.45) is 23.0 Å². The number of hydrogen-bond donors (Lipinski definition) is 7. The zero-order valence-corrected chi connectivity index (χ0v) is 43.0. The first-order valence-corrected chi connectivity index (χ1v) is 24.2. The molecule has 1 saturated heterocycles. The summed E-state index contributed by atoms with van der Waals surface area (Å²) >= 11 is 0. The quantitative estimate of drug-likeness (QED) is 0.0544. The standard InChI is InChI=1S/C48H59F3N8O8.C4H10N2O/c1-28(2)42(56-40(62)19-52-27-60)45(64)53-20-41(63)54-35-14-12-31(13-15-35)26-67-47(66)58-22-33(38(51)24-58)23-59(46(65)30(4)61)43(48(5,6)7)44-55-39(36-17-29(3)11-16-37(36)50)25-57(44)21-32-9-8-10-34(49)18-32;1-2-3-6-4(5)7/h8-18,25,27-28,30,33,38,42-43,61H,19-24,26H2,1-7H3,(H,52,60)(H,53,64)(H,54,63)(H,56,62);2-3H2,1H3,(H3,5,6,7)/t30-,33?,38?,42?,43?;/m0./s1. The second kappa shape index (κ2) is 27.5. The molecule has 3 aromatic carbocycles. The lowest BCUT2D eigenvalue weighted by Gasteiger charge is -2.41. The number of anilines is 1. The molecular formula is C52H69F3N10O9. The lowest BCUT2D eigenvalue weighted by Crippen LogP contribution is -2.52. The summed E-state index contributed by atoms with van der Waals surface area (Å²) in [6.45, 7) is 13.3. The molecule has 4 unspecified atom stereocenters. The minimum absolute atomic E-state index is 0.0925. The number of likely N-dealkylation sites (tertiary alicyclic amines) is 1. The highest BCUT2D eigenvalue weighted by Gasteiger charge is 2.44. The van der Waals surface area contributed by atoms with Gasteiger partial charge in [0, 0.05) is 49.5 Å². The van der Waals surface area contributed by atoms with Crippen molar-refractivity contribution in [3.63, 3.8) is 0 Å². The van der Waals surface area contributed by atoms with E-state index in [1.165, 1.54) is 34.9 Å². The highest BCUT2D eigenvalue weighted by Crippen LogP contribution is 2.41. The molecule has 1 aromatic heterocycles. The number of carbonyl (C=O) groups is 7. The number of nitrogens with zero attached hydrogens (tertiary/aromatic N) is 4. The fraction of sp³-hybridized carbons (Fsp3) is 0.462. The number of imidazole rings is 1. The van der Waals surface area contributed by atoms with Crippen LogP contribution in [0.4, 0.5) is 28.4 Å². The molecule has 22 heteroatoms. The summed E-state index contributed by atoms with van der Waals surface area (Å²) in [5.41, 5.74) is 6.66. The maximum Gasteiger partial charge on any atom is 0.410 e. The predicted molar refractivity (Wildman–Crippen MR) is 270 cm³/mol. The van der Waals surface area contributed by atoms with Crippen LogP contribution in [0.1, 0.15) is 83.4 Å². The van der Waals surface area contributed by atoms with Crippen LogP contribution >= 0.6 is 0 Å². The van der Waals surface area contributed by atoms with Gasteiger partial charge in [-0.05, 0) is 79.1 Å². The molecule has 1 aliphatic heterocycles. The van der Waals surface area contributed by atoms with E-state index < -0.39 is 89.6 Å². The number of urea groups is 1. The van der Waals surface area contributed by atoms with E-state index in [0.29, 0.717) is 35.6 Å². The number of amides is 8. The van der Waals surface area contributed by atoms with Crippen molar-refractivity contribution in [3.05, 3.63) is 107 Å². The Labute approximate surface area is 429 Å². The molecule has 0 spiro atoms. The van der Waals surface area contributed by atoms with E-state index >= 15 is 8.78 Å². The van der Waals surface area contributed by atoms with Crippen LogP contribution < -0.4 is 32.3 Å². The van der Waals surface area contributed by atoms with Crippen LogP contribution in [0, 0.1) is 35.8 Å². The molecular weight excluding hydrogens is 966 g/mol. The summed E-state index contributed by atoms with van der Waals surface area (Å²) in [6, 6.07) is 14.6. The molecule has 5 atom stereocenters. The fourth-order valence-corrected chi connectivity index (χ4v) is 8.08. The van der Waals surface area contributed by atoms with Gasteiger partial charge in [-0.25, -0.2) is 27.7 Å². The highest BCUT2D eigenvalue weighted by molar-refractivity contribution is 5.96. The lowest BCUT2D eigenvalue weighted by molar-refractivity contribution is -0.146. The van der Waals surface area contributed by atoms with Gasteiger partial charge in [-0.2, -0.15) is 0 Å². The third-order valence-electron chi connectivity index (χ3n) is 11.7. The van der Waals surface area contributed by atoms with Gasteiger partial charge in [-0.1, -0.05) is 77.4 Å². The summed E-state index contributed by atoms with van der Waals surface area (Å²) in [5.74, 6) is -4.32. The third kappa shape index (κ3) is 17.6. The number of aryl methyl sites for hydroxylation is 1. The molecule has 8 N–H and O–H groups in total. The van der Waals surface area contributed by atoms with E-state index in [0.717, 1.165) is 12.0 Å². The van der Waals surface area contributed by atoms with Gasteiger partial charge in [0.25, 0.3) is 5.91 Å². The number of primary amides is 1. The maximum atomic E-state index is 16.0. The summed E-state index contributed by atoms with van der Waals surface area (Å²) in [7, 11) is 0. The van der Waals surface area contributed by atoms with E-state index in [2.05, 4.69) is 26.6 Å². The monoisotopic (exact) mass is 1030 g/mol. The van der Waals surface area contributed by atoms with Gasteiger partial charge in [0.05, 0.1) is 31.4 Å². The van der Waals surface area contributed by atoms with E-state index in [9.17, 15) is 43.1 Å². The van der Waals surface area contributed by atoms with Crippen molar-refractivity contribution in [2.45, 2.75) is 99.3 Å². The molecule has 4 aromatic rings. The van der Waals surface area contributed by atoms with Crippen LogP contribution in [-0.4, -0.2) is 124 Å². The van der Waals surface area contributed by atoms with Gasteiger partial charge in [-0.3, -0.25) is 24.0 Å². The Morgan fingerprint density at radius 3 is 2.24 bits per heavy atom. The third-order valence-corrected chi connectivity index (χ3v) is 11.7. The minimum Gasteiger partial charge on any atom is -0.445 e. The molecule has 19 nitrogen and oxygen atoms in total. The zero-order chi connectivity index (χ0) is 54.9. The van der Waals surface area contributed by atoms with E-state index in [4.69, 9.17) is 15.5 Å². The second-order valence-corrected chi connectivity index (χ2v) is 19.4. The Kier molecular flexibility index (Phi) is 22.0. The number of hydrogen-bond acceptors (Lipinski definition) is 10. The number of aliphatic hydroxyl groups excluding tert-OH is 1. The van der Waals surface area contributed by atoms with Crippen molar-refractivity contribution in [3.8, 4) is 11.3 Å². The normalized spacial score (nSPS) is 15.4. The second-order valence-electron chi connectivity index (χ2n) is 19.4. The Hall–Kier alpha value is -7.49. The first-order valence-electron chi connectivity index (χ1n) is 24.2. The van der Waals surface area contributed by atoms with E-state index in [1.807, 2.05) is 34.6 Å². The largest absolute Gasteiger partial charge is 0.445 e. The summed E-state index contributed by atoms with van der Waals surface area (Å²) in [4.78, 5) is 92.5. The van der Waals surface area contributed by atoms with Crippen molar-refractivity contribution in [1.29, 1.82) is 0 Å². The zero-order valence-electron chi connectivity index (χ0n) is 43.0. The van der Waals surface area contributed by atoms with Crippen LogP contribution in [0.2, 0.25) is 0 Å². The fourth-order valence-electron chi connectivity index (χ4n) is 8.08. The molecule has 402 valence electrons. The van der Waals surface area contributed by atoms with Crippen LogP contribution in [0.5, 0.6) is 0 Å². The Bertz CT molecular complexity index is 2570. The predicted octanol–water partition coefficient (Wildman–Crippen LogP) is 5.09. The number of aliphatic hydroxyl groups is 1. The molecule has 5 rings (SSSR count). The number of ether oxygens (including phenoxy) is 1. The van der Waals surface area contributed by atoms with Gasteiger partial charge in [0.2, 0.25) is 24.1 Å². The average Bonchev–Trinajstić information content (AvgIpc) is 3.92. The molecule has 1 aliphatic rings. The smallest absolute Gasteiger partial charge is 0.410 e. The first-order chi connectivity index (χ1) is 34.9. The number of alkyl halides is 1. The van der Waals surface area contributed by atoms with Crippen LogP contribution in [0.3, 0.4) is 0 Å². The number of nitrogens with one attached hydrogen (secondary N) is 5. The number of benzene rings is 3. The van der Waals surface area contributed by atoms with Crippen LogP contribution in [-0.2, 0) is 41.9 Å². The van der Waals surface area contributed by atoms with Crippen molar-refractivity contribution in [2.75, 3.05) is 44.6 Å². The van der Waals surface area contributed by atoms with Crippen molar-refractivity contribution < 1.29 is 56.6 Å². The number of halogens is 3. The van der Waals surface area contributed by atoms with Gasteiger partial charge in [-0.15, -0.1) is 0 Å². The average molecular weight is 1040 g/mol. The summed E-state index contributed by atoms with van der Waals surface area (Å²) in [5, 5.41) is 23.0. The Balaban J connectivity index is 0.00000158. The van der Waals surface area contributed by atoms with Gasteiger partial charge >= 0.3 is 12.1 Å². The lowest BCUT2D eigenvalue weighted by atomic mass is 9.84. The minimum atomic E-state index is -1.59. The molecule has 8 amide bonds. The molecule has 0 aliphatic carbocycles. The molecule has 2 heterocycles. The number of aromatic nitrogens is 2. The number of rotatable bonds is 21. The number of nitrogens with two attached hydrogens (primary N) is 1. The highest BCUT2D eigenvalue weighted by atomic mass is 19.1. The van der Waals surface area contributed by atoms with Gasteiger partial charge in [0.1, 0.15) is 42.4 Å². The van der Waals surface area contributed by atoms with Crippen LogP contribution in [0.15, 0.2) is 72.9 Å². The van der Waals surface area contributed by atoms with E-state index in [-0.39, 0.29) is 56.5 Å². The van der Waals surface area contributed by atoms with E-state index in [1.54, 1.807) is 73.1 Å². The molecule has 0 saturated carbocycles. The molecule has 1 fully saturated rings. The SMILES string of the molecule is CCCNC(N)=O.Cc1ccc(F)c(-c2cn(Cc3cccc(F)c3)c(C(N(CC3CN(C(=O)OCc4ccc(NC(=O)CNC(=O)C(NC(=O)CNC=O)C(C)C)cc4)CC3F)C(=O)[C@H](C)O)C(C)(C)C)n2)c1. The van der Waals surface area contributed by atoms with Crippen molar-refractivity contribution >= 4 is 47.9 Å². The molecule has 0 bridgehead atoms. The summed E-state index contributed by atoms with van der Waals surface area (Å²) in [6.07, 6.45) is -0.970. The Morgan fingerprint density at radius 2 is 1.65 bits per heavy atom. The molecule has 0 radical (unpaired) electrons. The van der Waals surface area contributed by atoms with Gasteiger partial charge in [0.15, 0.2) is 0 Å². The molecule has 74 heavy (non-hydrogen) atoms. The Morgan fingerprint density at radius 1 is 0.946 bits per heavy atom. The maximum absolute atomic E-state index is 16.0. The summed E-state index contributed by atoms with van der Waals surface area (Å²) < 4.78 is 53.0. The topological polar surface area (TPSA) is 259 Å². The first kappa shape index (κ1) is 59.1. The van der Waals surface area contributed by atoms with Crippen molar-refractivity contribution in [1.82, 2.24) is 40.6 Å². The number of carbonyl (C=O) groups excluding carboxylic acids is 7.